The Morgan fingerprint density at radius 3 is 1.60 bits per heavy atom. The quantitative estimate of drug-likeness (QED) is 0.260. The Labute approximate surface area is 268 Å². The molecule has 0 amide bonds. The van der Waals surface area contributed by atoms with E-state index in [1.807, 2.05) is 36.4 Å². The largest absolute Gasteiger partial charge is 1.00 e. The Kier molecular flexibility index (Phi) is 13.1. The third-order valence-electron chi connectivity index (χ3n) is 7.41. The molecular weight excluding hydrogens is 607 g/mol. The SMILES string of the molecule is CC(C)([C](=[Zr+2])C(C)(C)c1ccccc1)c1ccccc1.[Cl-].[Cl-].[c-]1cccc2c1Cc1ccccc1-2.c1cc[cH-]c1. The van der Waals surface area contributed by atoms with Crippen molar-refractivity contribution in [2.45, 2.75) is 44.9 Å². The maximum Gasteiger partial charge on any atom is -0.0253 e. The number of fused-ring (bicyclic) bond motifs is 3. The zero-order valence-electron chi connectivity index (χ0n) is 23.7. The van der Waals surface area contributed by atoms with Crippen molar-refractivity contribution in [2.75, 3.05) is 0 Å². The van der Waals surface area contributed by atoms with Gasteiger partial charge in [0.15, 0.2) is 0 Å². The van der Waals surface area contributed by atoms with Gasteiger partial charge < -0.3 is 24.8 Å². The summed E-state index contributed by atoms with van der Waals surface area (Å²) >= 11 is 1.51. The fraction of sp³-hybridized carbons (Fsp3) is 0.189. The second-order valence-corrected chi connectivity index (χ2v) is 11.9. The molecule has 1 aliphatic carbocycles. The molecule has 0 N–H and O–H groups in total. The van der Waals surface area contributed by atoms with Crippen LogP contribution in [0.5, 0.6) is 0 Å². The molecule has 0 aromatic heterocycles. The van der Waals surface area contributed by atoms with Gasteiger partial charge in [-0.2, -0.15) is 48.0 Å². The minimum absolute atomic E-state index is 0. The summed E-state index contributed by atoms with van der Waals surface area (Å²) in [6, 6.07) is 49.8. The van der Waals surface area contributed by atoms with Crippen molar-refractivity contribution in [2.24, 2.45) is 0 Å². The molecule has 3 heteroatoms. The van der Waals surface area contributed by atoms with E-state index in [1.165, 1.54) is 57.6 Å². The van der Waals surface area contributed by atoms with Crippen LogP contribution in [0.3, 0.4) is 0 Å². The van der Waals surface area contributed by atoms with Gasteiger partial charge in [-0.3, -0.25) is 0 Å². The van der Waals surface area contributed by atoms with Crippen molar-refractivity contribution >= 4 is 3.21 Å². The van der Waals surface area contributed by atoms with Gasteiger partial charge in [-0.1, -0.05) is 35.4 Å². The normalized spacial score (nSPS) is 11.2. The predicted molar refractivity (Wildman–Crippen MR) is 159 cm³/mol. The molecule has 0 radical (unpaired) electrons. The van der Waals surface area contributed by atoms with Crippen molar-refractivity contribution in [1.82, 2.24) is 0 Å². The summed E-state index contributed by atoms with van der Waals surface area (Å²) < 4.78 is 1.58. The van der Waals surface area contributed by atoms with Gasteiger partial charge in [0.2, 0.25) is 0 Å². The van der Waals surface area contributed by atoms with Gasteiger partial charge in [0.05, 0.1) is 0 Å². The molecule has 204 valence electrons. The number of hydrogen-bond acceptors (Lipinski definition) is 0. The van der Waals surface area contributed by atoms with Gasteiger partial charge in [-0.05, 0) is 6.42 Å². The second kappa shape index (κ2) is 15.5. The third kappa shape index (κ3) is 8.07. The van der Waals surface area contributed by atoms with E-state index in [1.54, 1.807) is 3.21 Å². The molecule has 0 bridgehead atoms. The van der Waals surface area contributed by atoms with Crippen LogP contribution >= 0.6 is 0 Å². The van der Waals surface area contributed by atoms with Crippen LogP contribution < -0.4 is 24.8 Å². The summed E-state index contributed by atoms with van der Waals surface area (Å²) in [5.41, 5.74) is 8.50. The standard InChI is InChI=1S/C19H22.C13H9.C5H5.2ClH.Zr/c1-18(2,16-11-7-5-8-12-16)15-19(3,4)17-13-9-6-10-14-17;1-3-7-12-10(5-1)9-11-6-2-4-8-13(11)12;1-2-4-5-3-1;;;/h5-14H,1-4H3;1-5,7-8H,9H2;1-5H;2*1H;/q;2*-1;;;+2/p-2. The summed E-state index contributed by atoms with van der Waals surface area (Å²) in [5.74, 6) is 0. The van der Waals surface area contributed by atoms with E-state index in [0.29, 0.717) is 0 Å². The van der Waals surface area contributed by atoms with Crippen LogP contribution in [0.15, 0.2) is 133 Å². The molecule has 0 fully saturated rings. The second-order valence-electron chi connectivity index (χ2n) is 10.7. The number of halogens is 2. The van der Waals surface area contributed by atoms with Crippen LogP contribution in [0.4, 0.5) is 0 Å². The van der Waals surface area contributed by atoms with Gasteiger partial charge in [0.25, 0.3) is 0 Å². The molecule has 0 saturated carbocycles. The smallest absolute Gasteiger partial charge is 0.0253 e. The molecule has 6 rings (SSSR count). The first-order chi connectivity index (χ1) is 18.3. The number of benzene rings is 4. The first kappa shape index (κ1) is 33.8. The summed E-state index contributed by atoms with van der Waals surface area (Å²) in [7, 11) is 0. The van der Waals surface area contributed by atoms with Crippen molar-refractivity contribution in [3.05, 3.63) is 162 Å². The van der Waals surface area contributed by atoms with Crippen molar-refractivity contribution in [1.29, 1.82) is 0 Å². The fourth-order valence-electron chi connectivity index (χ4n) is 5.10. The Balaban J connectivity index is 0.000000239. The van der Waals surface area contributed by atoms with Crippen LogP contribution in [-0.2, 0) is 41.5 Å². The Bertz CT molecular complexity index is 1320. The molecule has 40 heavy (non-hydrogen) atoms. The third-order valence-corrected chi connectivity index (χ3v) is 10.5. The molecule has 0 nitrogen and oxygen atoms in total. The maximum absolute atomic E-state index is 3.30. The van der Waals surface area contributed by atoms with E-state index in [0.717, 1.165) is 6.42 Å². The molecule has 0 heterocycles. The molecule has 5 aromatic rings. The Morgan fingerprint density at radius 1 is 0.625 bits per heavy atom. The van der Waals surface area contributed by atoms with Crippen LogP contribution in [0.1, 0.15) is 49.9 Å². The molecule has 1 aliphatic rings. The molecule has 0 saturated heterocycles. The first-order valence-corrected chi connectivity index (χ1v) is 14.5. The maximum atomic E-state index is 3.30. The summed E-state index contributed by atoms with van der Waals surface area (Å²) in [5, 5.41) is 0. The molecule has 0 aliphatic heterocycles. The summed E-state index contributed by atoms with van der Waals surface area (Å²) in [4.78, 5) is 0. The van der Waals surface area contributed by atoms with Crippen LogP contribution in [0.25, 0.3) is 11.1 Å². The number of rotatable bonds is 4. The van der Waals surface area contributed by atoms with Gasteiger partial charge in [0, 0.05) is 0 Å². The van der Waals surface area contributed by atoms with Crippen molar-refractivity contribution in [3.63, 3.8) is 0 Å². The zero-order chi connectivity index (χ0) is 27.0. The minimum atomic E-state index is 0. The van der Waals surface area contributed by atoms with E-state index in [9.17, 15) is 0 Å². The minimum Gasteiger partial charge on any atom is -1.00 e. The summed E-state index contributed by atoms with van der Waals surface area (Å²) in [6.07, 6.45) is 1.05. The average molecular weight is 643 g/mol. The fourth-order valence-corrected chi connectivity index (χ4v) is 5.81. The van der Waals surface area contributed by atoms with E-state index in [-0.39, 0.29) is 35.6 Å². The van der Waals surface area contributed by atoms with Crippen LogP contribution in [0, 0.1) is 6.07 Å². The van der Waals surface area contributed by atoms with Gasteiger partial charge in [-0.15, -0.1) is 5.56 Å². The van der Waals surface area contributed by atoms with Gasteiger partial charge >= 0.3 is 138 Å². The zero-order valence-corrected chi connectivity index (χ0v) is 27.6. The number of hydrogen-bond donors (Lipinski definition) is 0. The topological polar surface area (TPSA) is 0 Å². The average Bonchev–Trinajstić information content (AvgIpc) is 3.66. The molecule has 0 spiro atoms. The Hall–Kier alpha value is -2.44. The molecule has 0 unspecified atom stereocenters. The molecule has 0 atom stereocenters. The van der Waals surface area contributed by atoms with E-state index >= 15 is 0 Å². The van der Waals surface area contributed by atoms with E-state index in [4.69, 9.17) is 0 Å². The van der Waals surface area contributed by atoms with Gasteiger partial charge in [-0.25, -0.2) is 12.1 Å². The molecular formula is C37H36Cl2Zr-2. The van der Waals surface area contributed by atoms with Gasteiger partial charge in [0.1, 0.15) is 0 Å². The first-order valence-electron chi connectivity index (χ1n) is 13.3. The monoisotopic (exact) mass is 640 g/mol. The Morgan fingerprint density at radius 2 is 1.10 bits per heavy atom. The van der Waals surface area contributed by atoms with Crippen LogP contribution in [-0.4, -0.2) is 3.21 Å². The van der Waals surface area contributed by atoms with Crippen molar-refractivity contribution < 1.29 is 49.0 Å². The van der Waals surface area contributed by atoms with E-state index < -0.39 is 0 Å². The predicted octanol–water partition coefficient (Wildman–Crippen LogP) is 3.13. The van der Waals surface area contributed by atoms with Crippen molar-refractivity contribution in [3.8, 4) is 11.1 Å². The summed E-state index contributed by atoms with van der Waals surface area (Å²) in [6.45, 7) is 9.38. The van der Waals surface area contributed by atoms with E-state index in [2.05, 4.69) is 131 Å². The molecule has 5 aromatic carbocycles. The van der Waals surface area contributed by atoms with Crippen LogP contribution in [0.2, 0.25) is 0 Å².